The summed E-state index contributed by atoms with van der Waals surface area (Å²) in [7, 11) is 4.73. The average molecular weight is 1770 g/mol. The number of para-hydroxylation sites is 4. The molecule has 0 aliphatic heterocycles. The van der Waals surface area contributed by atoms with E-state index in [0.29, 0.717) is 11.8 Å². The third-order valence-electron chi connectivity index (χ3n) is 19.7. The van der Waals surface area contributed by atoms with Crippen LogP contribution in [0.15, 0.2) is 122 Å². The van der Waals surface area contributed by atoms with Crippen molar-refractivity contribution >= 4 is 116 Å². The SMILES string of the molecule is C.C.COC(=O)C[C@H](CC(=O)[C@H](C)NC(C)=O)C(=O)COc1c(F)cccc1F.COC(=O)C[C@H](CC(=O)[C@H](C)NC(C)=O)C(=O)COc1c(F)cccc1F.COC(=O)C[C@H](NC(=O)[C@@H](CC(C)=O)C(C)C)C(=O)C[C@H](C)C(C)C.COC(=O)C[C@H](NC(=O)[C@@H](CC(C)=O)C(C)C)C(=O)C[C@H](C)C(C)C.c1ccc2ncccc2c1.c1ccc2ncccc2c1. The molecule has 2 aromatic heterocycles. The van der Waals surface area contributed by atoms with Crippen molar-refractivity contribution in [1.29, 1.82) is 0 Å². The molecule has 0 radical (unpaired) electrons. The highest BCUT2D eigenvalue weighted by Crippen LogP contribution is 2.27. The number of carbonyl (C=O) groups is 16. The van der Waals surface area contributed by atoms with Crippen LogP contribution < -0.4 is 30.7 Å². The molecule has 0 bridgehead atoms. The number of benzene rings is 4. The molecule has 696 valence electrons. The van der Waals surface area contributed by atoms with E-state index in [9.17, 15) is 94.3 Å². The molecule has 0 saturated heterocycles. The molecule has 0 aliphatic carbocycles. The molecular formula is C94H130F4N6O22. The van der Waals surface area contributed by atoms with Gasteiger partial charge in [0.1, 0.15) is 24.8 Å². The standard InChI is InChI=1S/2C19H33NO5.2C18H21F2NO6.2C9H7N.2CH4/c2*1-11(2)13(5)8-17(22)16(10-18(23)25-7)20-19(24)15(12(3)4)9-14(6)21;2*1-10(21-11(2)22)15(23)7-12(8-17(25)26-3)16(24)9-27-18-13(19)5-4-6-14(18)20;2*1-2-6-9-8(4-1)5-3-7-10-9;;/h2*11-13,15-16H,8-10H2,1-7H3,(H,20,24);2*4-6,10,12H,7-9H2,1-3H3,(H,21,22);2*1-7H;2*1H4/t2*13-,15-,16-;2*10-,12-;;;;/m0000..../s1. The predicted octanol–water partition coefficient (Wildman–Crippen LogP) is 14.0. The van der Waals surface area contributed by atoms with Crippen LogP contribution in [0.3, 0.4) is 0 Å². The Morgan fingerprint density at radius 1 is 0.325 bits per heavy atom. The fourth-order valence-corrected chi connectivity index (χ4v) is 11.4. The molecule has 0 unspecified atom stereocenters. The summed E-state index contributed by atoms with van der Waals surface area (Å²) in [6.45, 7) is 26.2. The number of hydrogen-bond acceptors (Lipinski definition) is 24. The van der Waals surface area contributed by atoms with Gasteiger partial charge in [-0.15, -0.1) is 0 Å². The minimum Gasteiger partial charge on any atom is -0.480 e. The number of nitrogens with one attached hydrogen (secondary N) is 4. The first-order chi connectivity index (χ1) is 58.2. The van der Waals surface area contributed by atoms with E-state index in [2.05, 4.69) is 74.4 Å². The van der Waals surface area contributed by atoms with Crippen LogP contribution in [0.1, 0.15) is 190 Å². The third-order valence-corrected chi connectivity index (χ3v) is 19.7. The number of aromatic nitrogens is 2. The maximum atomic E-state index is 13.6. The topological polar surface area (TPSA) is 402 Å². The number of halogens is 4. The number of nitrogens with zero attached hydrogens (tertiary/aromatic N) is 2. The van der Waals surface area contributed by atoms with Gasteiger partial charge in [-0.1, -0.05) is 145 Å². The van der Waals surface area contributed by atoms with Crippen molar-refractivity contribution in [2.75, 3.05) is 41.7 Å². The zero-order chi connectivity index (χ0) is 94.2. The third kappa shape index (κ3) is 45.7. The van der Waals surface area contributed by atoms with Crippen molar-refractivity contribution in [2.45, 2.75) is 214 Å². The predicted molar refractivity (Wildman–Crippen MR) is 468 cm³/mol. The quantitative estimate of drug-likeness (QED) is 0.0157. The normalized spacial score (nSPS) is 12.9. The second-order valence-corrected chi connectivity index (χ2v) is 31.1. The first kappa shape index (κ1) is 116. The molecular weight excluding hydrogens is 1640 g/mol. The smallest absolute Gasteiger partial charge is 0.308 e. The maximum Gasteiger partial charge on any atom is 0.308 e. The second-order valence-electron chi connectivity index (χ2n) is 31.1. The zero-order valence-electron chi connectivity index (χ0n) is 74.5. The van der Waals surface area contributed by atoms with E-state index < -0.39 is 167 Å². The summed E-state index contributed by atoms with van der Waals surface area (Å²) in [6, 6.07) is 26.7. The first-order valence-corrected chi connectivity index (χ1v) is 40.5. The van der Waals surface area contributed by atoms with Gasteiger partial charge in [0.05, 0.1) is 89.3 Å². The van der Waals surface area contributed by atoms with Crippen LogP contribution in [0.2, 0.25) is 0 Å². The van der Waals surface area contributed by atoms with E-state index in [1.165, 1.54) is 66.5 Å². The lowest BCUT2D eigenvalue weighted by atomic mass is 9.88. The number of carbonyl (C=O) groups excluding carboxylic acids is 16. The number of esters is 4. The van der Waals surface area contributed by atoms with E-state index in [-0.39, 0.29) is 125 Å². The van der Waals surface area contributed by atoms with Crippen LogP contribution in [0, 0.1) is 82.4 Å². The number of hydrogen-bond donors (Lipinski definition) is 4. The van der Waals surface area contributed by atoms with Crippen LogP contribution in [0.4, 0.5) is 17.6 Å². The Morgan fingerprint density at radius 2 is 0.611 bits per heavy atom. The van der Waals surface area contributed by atoms with Crippen molar-refractivity contribution in [3.8, 4) is 11.5 Å². The molecule has 4 aromatic carbocycles. The van der Waals surface area contributed by atoms with Gasteiger partial charge < -0.3 is 59.3 Å². The Labute approximate surface area is 737 Å². The molecule has 6 rings (SSSR count). The molecule has 4 N–H and O–H groups in total. The van der Waals surface area contributed by atoms with Crippen molar-refractivity contribution in [3.63, 3.8) is 0 Å². The van der Waals surface area contributed by atoms with Gasteiger partial charge in [0.15, 0.2) is 69.5 Å². The van der Waals surface area contributed by atoms with Gasteiger partial charge in [-0.3, -0.25) is 77.1 Å². The summed E-state index contributed by atoms with van der Waals surface area (Å²) in [4.78, 5) is 199. The van der Waals surface area contributed by atoms with E-state index >= 15 is 0 Å². The Hall–Kier alpha value is -11.9. The number of Topliss-reactive ketones (excluding diaryl/α,β-unsaturated/α-hetero) is 8. The highest BCUT2D eigenvalue weighted by molar-refractivity contribution is 5.98. The van der Waals surface area contributed by atoms with Crippen LogP contribution in [-0.4, -0.2) is 170 Å². The van der Waals surface area contributed by atoms with E-state index in [4.69, 9.17) is 9.47 Å². The Balaban J connectivity index is 0. The number of methoxy groups -OCH3 is 4. The van der Waals surface area contributed by atoms with Gasteiger partial charge in [-0.2, -0.15) is 0 Å². The van der Waals surface area contributed by atoms with Crippen molar-refractivity contribution < 1.29 is 123 Å². The largest absolute Gasteiger partial charge is 0.480 e. The van der Waals surface area contributed by atoms with Crippen molar-refractivity contribution in [2.24, 2.45) is 59.2 Å². The van der Waals surface area contributed by atoms with Crippen LogP contribution in [0.25, 0.3) is 21.8 Å². The first-order valence-electron chi connectivity index (χ1n) is 40.5. The summed E-state index contributed by atoms with van der Waals surface area (Å²) >= 11 is 0. The minimum atomic E-state index is -1.11. The fraction of sp³-hybridized carbons (Fsp3) is 0.511. The average Bonchev–Trinajstić information content (AvgIpc) is 0.902. The lowest BCUT2D eigenvalue weighted by Crippen LogP contribution is -2.46. The summed E-state index contributed by atoms with van der Waals surface area (Å²) in [5, 5.41) is 12.5. The minimum absolute atomic E-state index is 0. The highest BCUT2D eigenvalue weighted by Gasteiger charge is 2.35. The van der Waals surface area contributed by atoms with Gasteiger partial charge >= 0.3 is 23.9 Å². The summed E-state index contributed by atoms with van der Waals surface area (Å²) in [5.41, 5.74) is 2.12. The molecule has 0 fully saturated rings. The Morgan fingerprint density at radius 3 is 0.873 bits per heavy atom. The van der Waals surface area contributed by atoms with E-state index in [1.807, 2.05) is 130 Å². The van der Waals surface area contributed by atoms with Gasteiger partial charge in [-0.25, -0.2) is 17.6 Å². The summed E-state index contributed by atoms with van der Waals surface area (Å²) in [5.74, 6) is -14.9. The number of amides is 4. The van der Waals surface area contributed by atoms with Crippen molar-refractivity contribution in [3.05, 3.63) is 145 Å². The number of rotatable bonds is 42. The molecule has 0 aliphatic rings. The highest BCUT2D eigenvalue weighted by atomic mass is 19.1. The van der Waals surface area contributed by atoms with Gasteiger partial charge in [0, 0.05) is 99.2 Å². The molecule has 126 heavy (non-hydrogen) atoms. The number of ketones is 8. The lowest BCUT2D eigenvalue weighted by Gasteiger charge is -2.24. The van der Waals surface area contributed by atoms with E-state index in [0.717, 1.165) is 61.7 Å². The lowest BCUT2D eigenvalue weighted by molar-refractivity contribution is -0.145. The number of ether oxygens (including phenoxy) is 6. The molecule has 0 spiro atoms. The fourth-order valence-electron chi connectivity index (χ4n) is 11.4. The Kier molecular flexibility index (Phi) is 56.7. The zero-order valence-corrected chi connectivity index (χ0v) is 74.5. The van der Waals surface area contributed by atoms with E-state index in [1.54, 1.807) is 0 Å². The molecule has 2 heterocycles. The molecule has 28 nitrogen and oxygen atoms in total. The van der Waals surface area contributed by atoms with Gasteiger partial charge in [0.25, 0.3) is 0 Å². The monoisotopic (exact) mass is 1770 g/mol. The van der Waals surface area contributed by atoms with Crippen molar-refractivity contribution in [1.82, 2.24) is 31.2 Å². The summed E-state index contributed by atoms with van der Waals surface area (Å²) < 4.78 is 82.3. The number of pyridine rings is 2. The van der Waals surface area contributed by atoms with Gasteiger partial charge in [0.2, 0.25) is 23.6 Å². The number of fused-ring (bicyclic) bond motifs is 2. The van der Waals surface area contributed by atoms with Crippen LogP contribution in [-0.2, 0) is 95.7 Å². The molecule has 6 aromatic rings. The molecule has 10 atom stereocenters. The molecule has 32 heteroatoms. The maximum absolute atomic E-state index is 13.6. The second kappa shape index (κ2) is 61.5. The molecule has 4 amide bonds. The molecule has 0 saturated carbocycles. The van der Waals surface area contributed by atoms with Crippen LogP contribution in [0.5, 0.6) is 11.5 Å². The summed E-state index contributed by atoms with van der Waals surface area (Å²) in [6.07, 6.45) is 2.47. The van der Waals surface area contributed by atoms with Crippen LogP contribution >= 0.6 is 0 Å². The van der Waals surface area contributed by atoms with Gasteiger partial charge in [-0.05, 0) is 112 Å². The Bertz CT molecular complexity index is 4090.